The van der Waals surface area contributed by atoms with E-state index in [4.69, 9.17) is 11.6 Å². The van der Waals surface area contributed by atoms with Crippen molar-refractivity contribution in [2.24, 2.45) is 9.98 Å². The summed E-state index contributed by atoms with van der Waals surface area (Å²) in [5.41, 5.74) is 1.80. The van der Waals surface area contributed by atoms with Crippen molar-refractivity contribution in [1.82, 2.24) is 9.55 Å². The fourth-order valence-electron chi connectivity index (χ4n) is 1.40. The fraction of sp³-hybridized carbons (Fsp3) is 0.0833. The molecule has 1 aromatic carbocycles. The molecule has 1 aromatic heterocycles. The molecule has 0 aliphatic heterocycles. The lowest BCUT2D eigenvalue weighted by Gasteiger charge is -2.03. The number of hydrogen-bond acceptors (Lipinski definition) is 2. The van der Waals surface area contributed by atoms with Gasteiger partial charge < -0.3 is 0 Å². The van der Waals surface area contributed by atoms with Gasteiger partial charge in [0.05, 0.1) is 5.69 Å². The summed E-state index contributed by atoms with van der Waals surface area (Å²) < 4.78 is 1.70. The molecule has 0 saturated heterocycles. The van der Waals surface area contributed by atoms with Crippen LogP contribution in [0.3, 0.4) is 0 Å². The first kappa shape index (κ1) is 11.5. The van der Waals surface area contributed by atoms with Crippen LogP contribution in [0.1, 0.15) is 5.56 Å². The van der Waals surface area contributed by atoms with Crippen molar-refractivity contribution in [3.63, 3.8) is 0 Å². The Morgan fingerprint density at radius 3 is 2.88 bits per heavy atom. The van der Waals surface area contributed by atoms with E-state index in [0.717, 1.165) is 11.3 Å². The van der Waals surface area contributed by atoms with Gasteiger partial charge >= 0.3 is 0 Å². The number of imidazole rings is 1. The summed E-state index contributed by atoms with van der Waals surface area (Å²) in [6.07, 6.45) is 5.05. The maximum atomic E-state index is 5.89. The van der Waals surface area contributed by atoms with Crippen LogP contribution in [0.2, 0.25) is 5.02 Å². The van der Waals surface area contributed by atoms with Crippen LogP contribution < -0.4 is 0 Å². The molecule has 0 saturated carbocycles. The number of aliphatic imine (C=N–C) groups is 2. The third-order valence-electron chi connectivity index (χ3n) is 2.26. The summed E-state index contributed by atoms with van der Waals surface area (Å²) >= 11 is 5.89. The van der Waals surface area contributed by atoms with Crippen LogP contribution in [0, 0.1) is 6.92 Å². The predicted octanol–water partition coefficient (Wildman–Crippen LogP) is 3.08. The van der Waals surface area contributed by atoms with E-state index in [2.05, 4.69) is 21.7 Å². The maximum Gasteiger partial charge on any atom is 0.234 e. The molecule has 2 rings (SSSR count). The molecule has 1 heterocycles. The Kier molecular flexibility index (Phi) is 3.35. The zero-order valence-corrected chi connectivity index (χ0v) is 10.1. The van der Waals surface area contributed by atoms with E-state index in [1.165, 1.54) is 0 Å². The summed E-state index contributed by atoms with van der Waals surface area (Å²) in [6.45, 7) is 5.45. The minimum atomic E-state index is 0.480. The molecule has 0 radical (unpaired) electrons. The Labute approximate surface area is 104 Å². The molecule has 17 heavy (non-hydrogen) atoms. The molecule has 0 fully saturated rings. The third kappa shape index (κ3) is 2.60. The van der Waals surface area contributed by atoms with Crippen molar-refractivity contribution in [1.29, 1.82) is 0 Å². The normalized spacial score (nSPS) is 11.5. The Hall–Kier alpha value is -1.94. The number of benzene rings is 1. The lowest BCUT2D eigenvalue weighted by Crippen LogP contribution is -2.05. The second-order valence-electron chi connectivity index (χ2n) is 3.47. The molecule has 0 bridgehead atoms. The molecule has 0 N–H and O–H groups in total. The van der Waals surface area contributed by atoms with Crippen LogP contribution >= 0.6 is 11.6 Å². The summed E-state index contributed by atoms with van der Waals surface area (Å²) in [4.78, 5) is 12.2. The lowest BCUT2D eigenvalue weighted by molar-refractivity contribution is 1.10. The van der Waals surface area contributed by atoms with E-state index in [0.29, 0.717) is 11.0 Å². The molecular formula is C12H11ClN4. The number of nitrogens with zero attached hydrogens (tertiary/aromatic N) is 4. The Morgan fingerprint density at radius 1 is 1.47 bits per heavy atom. The third-order valence-corrected chi connectivity index (χ3v) is 2.49. The molecule has 0 spiro atoms. The van der Waals surface area contributed by atoms with Crippen LogP contribution in [-0.4, -0.2) is 22.2 Å². The van der Waals surface area contributed by atoms with Crippen LogP contribution in [-0.2, 0) is 0 Å². The molecule has 0 atom stereocenters. The zero-order valence-electron chi connectivity index (χ0n) is 9.34. The number of aromatic nitrogens is 2. The molecule has 5 heteroatoms. The second kappa shape index (κ2) is 4.93. The maximum absolute atomic E-state index is 5.89. The molecule has 2 aromatic rings. The topological polar surface area (TPSA) is 42.5 Å². The molecule has 0 amide bonds. The van der Waals surface area contributed by atoms with Crippen molar-refractivity contribution in [3.05, 3.63) is 47.5 Å². The molecule has 86 valence electrons. The van der Waals surface area contributed by atoms with Gasteiger partial charge in [-0.05, 0) is 37.4 Å². The smallest absolute Gasteiger partial charge is 0.234 e. The van der Waals surface area contributed by atoms with Crippen LogP contribution in [0.5, 0.6) is 0 Å². The minimum Gasteiger partial charge on any atom is -0.274 e. The molecule has 4 nitrogen and oxygen atoms in total. The number of rotatable bonds is 1. The van der Waals surface area contributed by atoms with Crippen LogP contribution in [0.15, 0.2) is 46.9 Å². The molecule has 0 aliphatic rings. The average molecular weight is 247 g/mol. The van der Waals surface area contributed by atoms with E-state index in [1.54, 1.807) is 29.4 Å². The predicted molar refractivity (Wildman–Crippen MR) is 70.5 cm³/mol. The standard InChI is InChI=1S/C12H11ClN4/c1-9-7-10(13)3-4-11(9)16-12(14-2)17-6-5-15-8-17/h3-8H,2H2,1H3/b16-12+. The zero-order chi connectivity index (χ0) is 12.3. The van der Waals surface area contributed by atoms with E-state index < -0.39 is 0 Å². The van der Waals surface area contributed by atoms with Crippen molar-refractivity contribution < 1.29 is 0 Å². The summed E-state index contributed by atoms with van der Waals surface area (Å²) in [5, 5.41) is 0.692. The quantitative estimate of drug-likeness (QED) is 0.563. The van der Waals surface area contributed by atoms with Gasteiger partial charge in [-0.2, -0.15) is 0 Å². The van der Waals surface area contributed by atoms with Crippen molar-refractivity contribution >= 4 is 30.0 Å². The molecular weight excluding hydrogens is 236 g/mol. The van der Waals surface area contributed by atoms with Crippen molar-refractivity contribution in [3.8, 4) is 0 Å². The fourth-order valence-corrected chi connectivity index (χ4v) is 1.63. The first-order valence-corrected chi connectivity index (χ1v) is 5.38. The number of aryl methyl sites for hydroxylation is 1. The van der Waals surface area contributed by atoms with E-state index in [9.17, 15) is 0 Å². The summed E-state index contributed by atoms with van der Waals surface area (Å²) in [7, 11) is 0. The Morgan fingerprint density at radius 2 is 2.29 bits per heavy atom. The lowest BCUT2D eigenvalue weighted by atomic mass is 10.2. The summed E-state index contributed by atoms with van der Waals surface area (Å²) in [6, 6.07) is 5.50. The van der Waals surface area contributed by atoms with E-state index >= 15 is 0 Å². The monoisotopic (exact) mass is 246 g/mol. The summed E-state index contributed by atoms with van der Waals surface area (Å²) in [5.74, 6) is 0.480. The van der Waals surface area contributed by atoms with Crippen LogP contribution in [0.25, 0.3) is 0 Å². The molecule has 0 aliphatic carbocycles. The van der Waals surface area contributed by atoms with Gasteiger partial charge in [-0.25, -0.2) is 15.0 Å². The highest BCUT2D eigenvalue weighted by Crippen LogP contribution is 2.22. The van der Waals surface area contributed by atoms with Gasteiger partial charge in [0.15, 0.2) is 0 Å². The van der Waals surface area contributed by atoms with Gasteiger partial charge in [0, 0.05) is 17.4 Å². The van der Waals surface area contributed by atoms with Gasteiger partial charge in [0.1, 0.15) is 6.33 Å². The largest absolute Gasteiger partial charge is 0.274 e. The average Bonchev–Trinajstić information content (AvgIpc) is 2.81. The van der Waals surface area contributed by atoms with Gasteiger partial charge in [-0.1, -0.05) is 11.6 Å². The van der Waals surface area contributed by atoms with Crippen LogP contribution in [0.4, 0.5) is 5.69 Å². The van der Waals surface area contributed by atoms with Crippen molar-refractivity contribution in [2.75, 3.05) is 0 Å². The van der Waals surface area contributed by atoms with Crippen molar-refractivity contribution in [2.45, 2.75) is 6.92 Å². The second-order valence-corrected chi connectivity index (χ2v) is 3.91. The van der Waals surface area contributed by atoms with E-state index in [1.807, 2.05) is 19.1 Å². The highest BCUT2D eigenvalue weighted by atomic mass is 35.5. The first-order valence-electron chi connectivity index (χ1n) is 5.00. The van der Waals surface area contributed by atoms with Gasteiger partial charge in [-0.15, -0.1) is 0 Å². The highest BCUT2D eigenvalue weighted by molar-refractivity contribution is 6.30. The van der Waals surface area contributed by atoms with E-state index in [-0.39, 0.29) is 0 Å². The Balaban J connectivity index is 2.43. The van der Waals surface area contributed by atoms with Gasteiger partial charge in [-0.3, -0.25) is 4.57 Å². The SMILES string of the molecule is C=N/C(=N\c1ccc(Cl)cc1C)n1ccnc1. The highest BCUT2D eigenvalue weighted by Gasteiger charge is 2.02. The van der Waals surface area contributed by atoms with Gasteiger partial charge in [0.25, 0.3) is 0 Å². The number of hydrogen-bond donors (Lipinski definition) is 0. The number of halogens is 1. The minimum absolute atomic E-state index is 0.480. The first-order chi connectivity index (χ1) is 8.20. The molecule has 0 unspecified atom stereocenters. The van der Waals surface area contributed by atoms with Gasteiger partial charge in [0.2, 0.25) is 5.96 Å². The Bertz CT molecular complexity index is 558.